The Labute approximate surface area is 200 Å². The van der Waals surface area contributed by atoms with E-state index in [4.69, 9.17) is 0 Å². The molecule has 3 aromatic rings. The molecular formula is C23H23BrN4O4S. The van der Waals surface area contributed by atoms with E-state index in [1.165, 1.54) is 10.4 Å². The fraction of sp³-hybridized carbons (Fsp3) is 0.261. The molecular weight excluding hydrogens is 508 g/mol. The quantitative estimate of drug-likeness (QED) is 0.523. The number of rotatable bonds is 5. The molecule has 0 saturated carbocycles. The SMILES string of the molecule is Cc1cc(=O)[nH]c(-c2cccc(NC(=O)[C@H]3CCCN(S(=O)(=O)c4ccc(Br)cc4)C3)c2)n1. The topological polar surface area (TPSA) is 112 Å². The zero-order valence-corrected chi connectivity index (χ0v) is 20.3. The number of anilines is 1. The molecule has 0 unspecified atom stereocenters. The van der Waals surface area contributed by atoms with Gasteiger partial charge in [-0.25, -0.2) is 13.4 Å². The second-order valence-corrected chi connectivity index (χ2v) is 10.8. The number of carbonyl (C=O) groups excluding carboxylic acids is 1. The normalized spacial score (nSPS) is 17.0. The zero-order chi connectivity index (χ0) is 23.6. The molecule has 0 radical (unpaired) electrons. The van der Waals surface area contributed by atoms with Crippen LogP contribution in [-0.4, -0.2) is 41.7 Å². The third-order valence-electron chi connectivity index (χ3n) is 5.48. The third kappa shape index (κ3) is 5.40. The van der Waals surface area contributed by atoms with Gasteiger partial charge in [-0.1, -0.05) is 28.1 Å². The highest BCUT2D eigenvalue weighted by atomic mass is 79.9. The van der Waals surface area contributed by atoms with Crippen LogP contribution >= 0.6 is 15.9 Å². The van der Waals surface area contributed by atoms with Gasteiger partial charge in [-0.05, 0) is 56.2 Å². The van der Waals surface area contributed by atoms with E-state index in [2.05, 4.69) is 31.2 Å². The molecule has 1 atom stereocenters. The van der Waals surface area contributed by atoms with Gasteiger partial charge in [-0.3, -0.25) is 9.59 Å². The molecule has 4 rings (SSSR count). The number of aromatic nitrogens is 2. The van der Waals surface area contributed by atoms with E-state index >= 15 is 0 Å². The number of aromatic amines is 1. The van der Waals surface area contributed by atoms with Crippen LogP contribution in [0.1, 0.15) is 18.5 Å². The molecule has 2 heterocycles. The van der Waals surface area contributed by atoms with E-state index in [0.717, 1.165) is 4.47 Å². The van der Waals surface area contributed by atoms with E-state index in [9.17, 15) is 18.0 Å². The van der Waals surface area contributed by atoms with Crippen molar-refractivity contribution in [3.05, 3.63) is 75.1 Å². The second kappa shape index (κ2) is 9.58. The molecule has 1 amide bonds. The Morgan fingerprint density at radius 2 is 1.94 bits per heavy atom. The molecule has 0 spiro atoms. The summed E-state index contributed by atoms with van der Waals surface area (Å²) in [5.74, 6) is -0.293. The van der Waals surface area contributed by atoms with Crippen molar-refractivity contribution in [1.82, 2.24) is 14.3 Å². The molecule has 8 nitrogen and oxygen atoms in total. The Hall–Kier alpha value is -2.82. The standard InChI is InChI=1S/C23H23BrN4O4S/c1-15-12-21(29)27-22(25-15)16-4-2-6-19(13-16)26-23(30)17-5-3-11-28(14-17)33(31,32)20-9-7-18(24)8-10-20/h2,4,6-10,12-13,17H,3,5,11,14H2,1H3,(H,26,30)(H,25,27,29)/t17-/m0/s1. The lowest BCUT2D eigenvalue weighted by Crippen LogP contribution is -2.43. The monoisotopic (exact) mass is 530 g/mol. The number of H-pyrrole nitrogens is 1. The lowest BCUT2D eigenvalue weighted by atomic mass is 9.98. The highest BCUT2D eigenvalue weighted by molar-refractivity contribution is 9.10. The summed E-state index contributed by atoms with van der Waals surface area (Å²) in [7, 11) is -3.68. The zero-order valence-electron chi connectivity index (χ0n) is 17.9. The van der Waals surface area contributed by atoms with E-state index in [1.54, 1.807) is 55.5 Å². The number of sulfonamides is 1. The van der Waals surface area contributed by atoms with Crippen molar-refractivity contribution >= 4 is 37.5 Å². The Bertz CT molecular complexity index is 1340. The predicted octanol–water partition coefficient (Wildman–Crippen LogP) is 3.55. The van der Waals surface area contributed by atoms with Crippen LogP contribution in [0.25, 0.3) is 11.4 Å². The fourth-order valence-electron chi connectivity index (χ4n) is 3.83. The number of amides is 1. The van der Waals surface area contributed by atoms with Crippen LogP contribution in [0.3, 0.4) is 0 Å². The van der Waals surface area contributed by atoms with Crippen molar-refractivity contribution in [2.24, 2.45) is 5.92 Å². The first-order valence-corrected chi connectivity index (χ1v) is 12.7. The summed E-state index contributed by atoms with van der Waals surface area (Å²) in [5, 5.41) is 2.88. The highest BCUT2D eigenvalue weighted by Crippen LogP contribution is 2.26. The molecule has 1 aliphatic heterocycles. The van der Waals surface area contributed by atoms with Gasteiger partial charge >= 0.3 is 0 Å². The predicted molar refractivity (Wildman–Crippen MR) is 129 cm³/mol. The van der Waals surface area contributed by atoms with Crippen molar-refractivity contribution in [1.29, 1.82) is 0 Å². The van der Waals surface area contributed by atoms with Crippen LogP contribution in [0.4, 0.5) is 5.69 Å². The van der Waals surface area contributed by atoms with Crippen LogP contribution in [0.2, 0.25) is 0 Å². The summed E-state index contributed by atoms with van der Waals surface area (Å²) in [4.78, 5) is 32.0. The van der Waals surface area contributed by atoms with Crippen LogP contribution in [0.5, 0.6) is 0 Å². The molecule has 33 heavy (non-hydrogen) atoms. The molecule has 172 valence electrons. The number of hydrogen-bond acceptors (Lipinski definition) is 5. The summed E-state index contributed by atoms with van der Waals surface area (Å²) in [6.07, 6.45) is 1.20. The Morgan fingerprint density at radius 3 is 2.67 bits per heavy atom. The van der Waals surface area contributed by atoms with Gasteiger partial charge in [-0.2, -0.15) is 4.31 Å². The van der Waals surface area contributed by atoms with Gasteiger partial charge in [0.05, 0.1) is 10.8 Å². The Balaban J connectivity index is 1.49. The third-order valence-corrected chi connectivity index (χ3v) is 7.89. The van der Waals surface area contributed by atoms with Crippen LogP contribution in [-0.2, 0) is 14.8 Å². The summed E-state index contributed by atoms with van der Waals surface area (Å²) in [5.41, 5.74) is 1.56. The molecule has 0 aliphatic carbocycles. The van der Waals surface area contributed by atoms with Gasteiger partial charge < -0.3 is 10.3 Å². The molecule has 2 aromatic carbocycles. The maximum absolute atomic E-state index is 13.0. The first-order chi connectivity index (χ1) is 15.7. The summed E-state index contributed by atoms with van der Waals surface area (Å²) in [6, 6.07) is 14.9. The summed E-state index contributed by atoms with van der Waals surface area (Å²) in [6.45, 7) is 2.24. The number of hydrogen-bond donors (Lipinski definition) is 2. The molecule has 0 bridgehead atoms. The molecule has 1 aliphatic rings. The summed E-state index contributed by atoms with van der Waals surface area (Å²) >= 11 is 3.31. The van der Waals surface area contributed by atoms with Gasteiger partial charge in [0.25, 0.3) is 5.56 Å². The van der Waals surface area contributed by atoms with Gasteiger partial charge in [0.1, 0.15) is 5.82 Å². The maximum atomic E-state index is 13.0. The number of benzene rings is 2. The van der Waals surface area contributed by atoms with E-state index in [1.807, 2.05) is 0 Å². The largest absolute Gasteiger partial charge is 0.326 e. The van der Waals surface area contributed by atoms with Gasteiger partial charge in [0.2, 0.25) is 15.9 Å². The average Bonchev–Trinajstić information content (AvgIpc) is 2.79. The first-order valence-electron chi connectivity index (χ1n) is 10.5. The number of carbonyl (C=O) groups is 1. The molecule has 1 saturated heterocycles. The maximum Gasteiger partial charge on any atom is 0.251 e. The van der Waals surface area contributed by atoms with Crippen molar-refractivity contribution in [2.75, 3.05) is 18.4 Å². The fourth-order valence-corrected chi connectivity index (χ4v) is 5.62. The minimum absolute atomic E-state index is 0.122. The van der Waals surface area contributed by atoms with Gasteiger partial charge in [0.15, 0.2) is 0 Å². The van der Waals surface area contributed by atoms with Crippen molar-refractivity contribution in [3.8, 4) is 11.4 Å². The van der Waals surface area contributed by atoms with E-state index in [0.29, 0.717) is 42.2 Å². The van der Waals surface area contributed by atoms with Crippen molar-refractivity contribution in [3.63, 3.8) is 0 Å². The number of aryl methyl sites for hydroxylation is 1. The first kappa shape index (κ1) is 23.3. The average molecular weight is 531 g/mol. The van der Waals surface area contributed by atoms with Gasteiger partial charge in [-0.15, -0.1) is 0 Å². The van der Waals surface area contributed by atoms with Crippen LogP contribution in [0, 0.1) is 12.8 Å². The van der Waals surface area contributed by atoms with Gasteiger partial charge in [0, 0.05) is 40.6 Å². The minimum Gasteiger partial charge on any atom is -0.326 e. The number of nitrogens with one attached hydrogen (secondary N) is 2. The lowest BCUT2D eigenvalue weighted by Gasteiger charge is -2.31. The number of nitrogens with zero attached hydrogens (tertiary/aromatic N) is 2. The smallest absolute Gasteiger partial charge is 0.251 e. The minimum atomic E-state index is -3.68. The highest BCUT2D eigenvalue weighted by Gasteiger charge is 2.33. The number of halogens is 1. The Morgan fingerprint density at radius 1 is 1.18 bits per heavy atom. The molecule has 10 heteroatoms. The van der Waals surface area contributed by atoms with Crippen molar-refractivity contribution < 1.29 is 13.2 Å². The number of piperidine rings is 1. The summed E-state index contributed by atoms with van der Waals surface area (Å²) < 4.78 is 28.2. The van der Waals surface area contributed by atoms with Crippen molar-refractivity contribution in [2.45, 2.75) is 24.7 Å². The van der Waals surface area contributed by atoms with E-state index in [-0.39, 0.29) is 22.9 Å². The molecule has 1 fully saturated rings. The molecule has 1 aromatic heterocycles. The van der Waals surface area contributed by atoms with Crippen LogP contribution < -0.4 is 10.9 Å². The van der Waals surface area contributed by atoms with E-state index < -0.39 is 15.9 Å². The Kier molecular flexibility index (Phi) is 6.78. The van der Waals surface area contributed by atoms with Crippen LogP contribution in [0.15, 0.2) is 68.8 Å². The molecule has 2 N–H and O–H groups in total. The lowest BCUT2D eigenvalue weighted by molar-refractivity contribution is -0.120. The second-order valence-electron chi connectivity index (χ2n) is 7.96.